The Morgan fingerprint density at radius 2 is 2.04 bits per heavy atom. The number of hydrogen-bond acceptors (Lipinski definition) is 3. The summed E-state index contributed by atoms with van der Waals surface area (Å²) in [7, 11) is 0. The van der Waals surface area contributed by atoms with Crippen LogP contribution in [-0.2, 0) is 4.79 Å². The first-order chi connectivity index (χ1) is 11.3. The highest BCUT2D eigenvalue weighted by Gasteiger charge is 2.52. The van der Waals surface area contributed by atoms with Crippen molar-refractivity contribution in [1.82, 2.24) is 5.32 Å². The van der Waals surface area contributed by atoms with Crippen LogP contribution < -0.4 is 11.1 Å². The standard InChI is InChI=1S/C17H20F3N3O/c18-17(19,20)14(12-6-2-1-3-7-12)23-16(15(22)24)10-5-4-8-13(16)9-11-21/h1-3,6-7,13-14,23H,4-5,8-10H2,(H2,22,24). The van der Waals surface area contributed by atoms with E-state index in [9.17, 15) is 18.0 Å². The molecule has 4 nitrogen and oxygen atoms in total. The van der Waals surface area contributed by atoms with Crippen molar-refractivity contribution in [2.75, 3.05) is 0 Å². The Morgan fingerprint density at radius 3 is 2.58 bits per heavy atom. The van der Waals surface area contributed by atoms with Crippen molar-refractivity contribution in [2.45, 2.75) is 49.9 Å². The van der Waals surface area contributed by atoms with Gasteiger partial charge in [-0.1, -0.05) is 43.2 Å². The summed E-state index contributed by atoms with van der Waals surface area (Å²) < 4.78 is 40.9. The van der Waals surface area contributed by atoms with Crippen LogP contribution in [0.5, 0.6) is 0 Å². The van der Waals surface area contributed by atoms with Crippen LogP contribution in [0.1, 0.15) is 43.7 Å². The maximum atomic E-state index is 13.6. The summed E-state index contributed by atoms with van der Waals surface area (Å²) in [5, 5.41) is 11.5. The molecular formula is C17H20F3N3O. The van der Waals surface area contributed by atoms with Crippen molar-refractivity contribution in [3.8, 4) is 6.07 Å². The van der Waals surface area contributed by atoms with Gasteiger partial charge < -0.3 is 5.73 Å². The summed E-state index contributed by atoms with van der Waals surface area (Å²) in [6.07, 6.45) is -2.52. The number of carbonyl (C=O) groups is 1. The molecule has 0 radical (unpaired) electrons. The maximum absolute atomic E-state index is 13.6. The molecule has 1 aromatic carbocycles. The van der Waals surface area contributed by atoms with Crippen molar-refractivity contribution in [2.24, 2.45) is 11.7 Å². The second kappa shape index (κ2) is 7.22. The Labute approximate surface area is 138 Å². The van der Waals surface area contributed by atoms with Gasteiger partial charge in [-0.2, -0.15) is 18.4 Å². The number of amides is 1. The lowest BCUT2D eigenvalue weighted by Gasteiger charge is -2.44. The molecule has 3 atom stereocenters. The number of nitrogens with zero attached hydrogens (tertiary/aromatic N) is 1. The molecule has 1 amide bonds. The summed E-state index contributed by atoms with van der Waals surface area (Å²) in [5.74, 6) is -1.35. The molecule has 1 aliphatic carbocycles. The van der Waals surface area contributed by atoms with Gasteiger partial charge in [-0.3, -0.25) is 10.1 Å². The Kier molecular flexibility index (Phi) is 5.50. The van der Waals surface area contributed by atoms with E-state index < -0.39 is 29.6 Å². The fraction of sp³-hybridized carbons (Fsp3) is 0.529. The molecule has 0 heterocycles. The number of nitriles is 1. The van der Waals surface area contributed by atoms with Gasteiger partial charge in [0.2, 0.25) is 5.91 Å². The van der Waals surface area contributed by atoms with Crippen LogP contribution in [-0.4, -0.2) is 17.6 Å². The van der Waals surface area contributed by atoms with Gasteiger partial charge in [-0.25, -0.2) is 0 Å². The van der Waals surface area contributed by atoms with Crippen LogP contribution in [0.2, 0.25) is 0 Å². The number of alkyl halides is 3. The highest BCUT2D eigenvalue weighted by Crippen LogP contribution is 2.41. The molecule has 0 aromatic heterocycles. The van der Waals surface area contributed by atoms with E-state index in [1.54, 1.807) is 6.07 Å². The van der Waals surface area contributed by atoms with Gasteiger partial charge >= 0.3 is 6.18 Å². The van der Waals surface area contributed by atoms with E-state index in [0.29, 0.717) is 12.8 Å². The van der Waals surface area contributed by atoms with E-state index in [-0.39, 0.29) is 18.4 Å². The Balaban J connectivity index is 2.43. The molecule has 1 saturated carbocycles. The minimum atomic E-state index is -4.58. The molecule has 0 saturated heterocycles. The third-order valence-electron chi connectivity index (χ3n) is 4.71. The monoisotopic (exact) mass is 339 g/mol. The van der Waals surface area contributed by atoms with Gasteiger partial charge in [0.05, 0.1) is 6.07 Å². The quantitative estimate of drug-likeness (QED) is 0.864. The highest BCUT2D eigenvalue weighted by molar-refractivity contribution is 5.85. The number of benzene rings is 1. The average molecular weight is 339 g/mol. The number of nitrogens with one attached hydrogen (secondary N) is 1. The molecule has 0 spiro atoms. The highest BCUT2D eigenvalue weighted by atomic mass is 19.4. The van der Waals surface area contributed by atoms with Crippen LogP contribution in [0.15, 0.2) is 30.3 Å². The predicted molar refractivity (Wildman–Crippen MR) is 82.5 cm³/mol. The van der Waals surface area contributed by atoms with E-state index >= 15 is 0 Å². The first kappa shape index (κ1) is 18.3. The molecule has 1 aliphatic rings. The van der Waals surface area contributed by atoms with Gasteiger partial charge in [-0.05, 0) is 24.3 Å². The molecule has 3 unspecified atom stereocenters. The van der Waals surface area contributed by atoms with Gasteiger partial charge in [0.15, 0.2) is 0 Å². The molecular weight excluding hydrogens is 319 g/mol. The van der Waals surface area contributed by atoms with Gasteiger partial charge in [0, 0.05) is 6.42 Å². The topological polar surface area (TPSA) is 78.9 Å². The second-order valence-corrected chi connectivity index (χ2v) is 6.17. The summed E-state index contributed by atoms with van der Waals surface area (Å²) in [4.78, 5) is 12.1. The largest absolute Gasteiger partial charge is 0.407 e. The van der Waals surface area contributed by atoms with E-state index in [1.807, 2.05) is 6.07 Å². The SMILES string of the molecule is N#CCC1CCCCC1(NC(c1ccccc1)C(F)(F)F)C(N)=O. The molecule has 2 rings (SSSR count). The third-order valence-corrected chi connectivity index (χ3v) is 4.71. The van der Waals surface area contributed by atoms with Gasteiger partial charge in [0.25, 0.3) is 0 Å². The molecule has 130 valence electrons. The molecule has 0 aliphatic heterocycles. The van der Waals surface area contributed by atoms with E-state index in [4.69, 9.17) is 11.0 Å². The zero-order valence-corrected chi connectivity index (χ0v) is 13.1. The second-order valence-electron chi connectivity index (χ2n) is 6.17. The molecule has 1 aromatic rings. The van der Waals surface area contributed by atoms with Crippen LogP contribution in [0, 0.1) is 17.2 Å². The zero-order valence-electron chi connectivity index (χ0n) is 13.1. The van der Waals surface area contributed by atoms with E-state index in [1.165, 1.54) is 24.3 Å². The fourth-order valence-electron chi connectivity index (χ4n) is 3.47. The lowest BCUT2D eigenvalue weighted by molar-refractivity contribution is -0.168. The number of primary amides is 1. The van der Waals surface area contributed by atoms with Crippen LogP contribution in [0.3, 0.4) is 0 Å². The normalized spacial score (nSPS) is 25.7. The Bertz CT molecular complexity index is 612. The zero-order chi connectivity index (χ0) is 17.8. The smallest absolute Gasteiger partial charge is 0.368 e. The number of nitrogens with two attached hydrogens (primary N) is 1. The molecule has 1 fully saturated rings. The fourth-order valence-corrected chi connectivity index (χ4v) is 3.47. The van der Waals surface area contributed by atoms with Gasteiger partial charge in [-0.15, -0.1) is 0 Å². The van der Waals surface area contributed by atoms with Crippen LogP contribution in [0.4, 0.5) is 13.2 Å². The summed E-state index contributed by atoms with van der Waals surface area (Å²) in [6.45, 7) is 0. The van der Waals surface area contributed by atoms with Crippen molar-refractivity contribution in [3.05, 3.63) is 35.9 Å². The van der Waals surface area contributed by atoms with Crippen molar-refractivity contribution >= 4 is 5.91 Å². The number of rotatable bonds is 5. The maximum Gasteiger partial charge on any atom is 0.407 e. The van der Waals surface area contributed by atoms with E-state index in [0.717, 1.165) is 6.42 Å². The van der Waals surface area contributed by atoms with Crippen molar-refractivity contribution in [1.29, 1.82) is 5.26 Å². The predicted octanol–water partition coefficient (Wildman–Crippen LogP) is 3.21. The summed E-state index contributed by atoms with van der Waals surface area (Å²) in [6, 6.07) is 7.34. The first-order valence-corrected chi connectivity index (χ1v) is 7.87. The van der Waals surface area contributed by atoms with Crippen LogP contribution in [0.25, 0.3) is 0 Å². The van der Waals surface area contributed by atoms with E-state index in [2.05, 4.69) is 5.32 Å². The lowest BCUT2D eigenvalue weighted by atomic mass is 9.70. The average Bonchev–Trinajstić information content (AvgIpc) is 2.54. The molecule has 24 heavy (non-hydrogen) atoms. The number of carbonyl (C=O) groups excluding carboxylic acids is 1. The van der Waals surface area contributed by atoms with Crippen molar-refractivity contribution < 1.29 is 18.0 Å². The van der Waals surface area contributed by atoms with Gasteiger partial charge in [0.1, 0.15) is 11.6 Å². The van der Waals surface area contributed by atoms with Crippen LogP contribution >= 0.6 is 0 Å². The first-order valence-electron chi connectivity index (χ1n) is 7.87. The molecule has 0 bridgehead atoms. The minimum absolute atomic E-state index is 0.00466. The molecule has 3 N–H and O–H groups in total. The van der Waals surface area contributed by atoms with Crippen molar-refractivity contribution in [3.63, 3.8) is 0 Å². The number of halogens is 3. The Hall–Kier alpha value is -2.07. The lowest BCUT2D eigenvalue weighted by Crippen LogP contribution is -2.63. The third kappa shape index (κ3) is 3.70. The number of hydrogen-bond donors (Lipinski definition) is 2. The molecule has 7 heteroatoms. The summed E-state index contributed by atoms with van der Waals surface area (Å²) in [5.41, 5.74) is 4.01. The summed E-state index contributed by atoms with van der Waals surface area (Å²) >= 11 is 0. The minimum Gasteiger partial charge on any atom is -0.368 e. The Morgan fingerprint density at radius 1 is 1.38 bits per heavy atom.